The lowest BCUT2D eigenvalue weighted by molar-refractivity contribution is -0.145. The summed E-state index contributed by atoms with van der Waals surface area (Å²) in [5.74, 6) is -12.0. The summed E-state index contributed by atoms with van der Waals surface area (Å²) in [6.45, 7) is 3.73. The second kappa shape index (κ2) is 48.7. The molecular weight excluding hydrogens is 1510 g/mol. The van der Waals surface area contributed by atoms with Crippen LogP contribution in [0.1, 0.15) is 119 Å². The predicted octanol–water partition coefficient (Wildman–Crippen LogP) is -2.79. The molecule has 25 N–H and O–H groups in total. The third kappa shape index (κ3) is 31.5. The van der Waals surface area contributed by atoms with Gasteiger partial charge in [0.05, 0.1) is 47.6 Å². The molecule has 38 nitrogen and oxygen atoms in total. The number of aromatic nitrogens is 3. The molecule has 0 fully saturated rings. The number of carbonyl (C=O) groups is 14. The number of amides is 12. The molecule has 2 aromatic heterocycles. The van der Waals surface area contributed by atoms with Gasteiger partial charge < -0.3 is 113 Å². The second-order valence-corrected chi connectivity index (χ2v) is 28.5. The van der Waals surface area contributed by atoms with E-state index in [1.54, 1.807) is 123 Å². The molecule has 11 atom stereocenters. The summed E-state index contributed by atoms with van der Waals surface area (Å²) < 4.78 is 6.47. The number of rotatable bonds is 49. The van der Waals surface area contributed by atoms with E-state index in [1.165, 1.54) is 25.7 Å². The van der Waals surface area contributed by atoms with Crippen molar-refractivity contribution in [2.75, 3.05) is 59.5 Å². The lowest BCUT2D eigenvalue weighted by atomic mass is 10.00. The van der Waals surface area contributed by atoms with E-state index in [1.807, 2.05) is 0 Å². The van der Waals surface area contributed by atoms with Crippen LogP contribution in [0.15, 0.2) is 107 Å². The maximum Gasteiger partial charge on any atom is 0.345 e. The van der Waals surface area contributed by atoms with Crippen molar-refractivity contribution in [2.24, 2.45) is 40.3 Å². The minimum Gasteiger partial charge on any atom is -0.480 e. The first-order chi connectivity index (χ1) is 54.8. The zero-order valence-corrected chi connectivity index (χ0v) is 65.7. The highest BCUT2D eigenvalue weighted by Crippen LogP contribution is 2.34. The van der Waals surface area contributed by atoms with Gasteiger partial charge in [0.25, 0.3) is 5.91 Å². The number of nitrogens with zero attached hydrogens (tertiary/aromatic N) is 4. The van der Waals surface area contributed by atoms with E-state index in [9.17, 15) is 77.6 Å². The van der Waals surface area contributed by atoms with Crippen LogP contribution < -0.4 is 87.6 Å². The molecule has 12 amide bonds. The van der Waals surface area contributed by atoms with E-state index in [4.69, 9.17) is 44.2 Å². The van der Waals surface area contributed by atoms with Crippen molar-refractivity contribution in [2.45, 2.75) is 175 Å². The van der Waals surface area contributed by atoms with Crippen LogP contribution in [0.2, 0.25) is 0 Å². The maximum atomic E-state index is 15.1. The average molecular weight is 1620 g/mol. The van der Waals surface area contributed by atoms with Gasteiger partial charge >= 0.3 is 18.0 Å². The normalized spacial score (nSPS) is 14.1. The number of fused-ring (bicyclic) bond motifs is 1. The van der Waals surface area contributed by atoms with Crippen molar-refractivity contribution < 1.29 is 87.2 Å². The molecule has 0 bridgehead atoms. The van der Waals surface area contributed by atoms with E-state index in [-0.39, 0.29) is 101 Å². The van der Waals surface area contributed by atoms with E-state index in [0.29, 0.717) is 37.7 Å². The molecule has 0 aliphatic rings. The Morgan fingerprint density at radius 1 is 0.591 bits per heavy atom. The van der Waals surface area contributed by atoms with Gasteiger partial charge in [-0.2, -0.15) is 9.78 Å². The molecule has 3 aromatic carbocycles. The summed E-state index contributed by atoms with van der Waals surface area (Å²) in [6, 6.07) is 11.5. The van der Waals surface area contributed by atoms with Gasteiger partial charge in [-0.05, 0) is 151 Å². The lowest BCUT2D eigenvalue weighted by Crippen LogP contribution is -2.61. The van der Waals surface area contributed by atoms with Crippen LogP contribution >= 0.6 is 11.8 Å². The fourth-order valence-corrected chi connectivity index (χ4v) is 12.5. The first-order valence-electron chi connectivity index (χ1n) is 37.5. The summed E-state index contributed by atoms with van der Waals surface area (Å²) >= 11 is 1.22. The number of aliphatic hydroxyl groups is 2. The molecule has 5 aromatic rings. The Hall–Kier alpha value is -11.3. The summed E-state index contributed by atoms with van der Waals surface area (Å²) in [4.78, 5) is 198. The van der Waals surface area contributed by atoms with Gasteiger partial charge in [0.1, 0.15) is 61.0 Å². The number of esters is 1. The predicted molar refractivity (Wildman–Crippen MR) is 424 cm³/mol. The Morgan fingerprint density at radius 3 is 1.69 bits per heavy atom. The number of aliphatic hydroxyl groups excluding tert-OH is 2. The van der Waals surface area contributed by atoms with Gasteiger partial charge in [0.15, 0.2) is 0 Å². The quantitative estimate of drug-likeness (QED) is 0.0175. The lowest BCUT2D eigenvalue weighted by Gasteiger charge is -2.28. The Labute approximate surface area is 669 Å². The highest BCUT2D eigenvalue weighted by Gasteiger charge is 2.37. The average Bonchev–Trinajstić information content (AvgIpc) is 1.63. The van der Waals surface area contributed by atoms with Crippen molar-refractivity contribution in [1.82, 2.24) is 72.8 Å². The van der Waals surface area contributed by atoms with Crippen LogP contribution in [0.5, 0.6) is 0 Å². The number of nitrogens with one attached hydrogen (secondary N) is 10. The fourth-order valence-electron chi connectivity index (χ4n) is 11.5. The third-order valence-corrected chi connectivity index (χ3v) is 18.7. The molecule has 0 aliphatic heterocycles. The van der Waals surface area contributed by atoms with Crippen molar-refractivity contribution in [3.63, 3.8) is 0 Å². The fraction of sp³-hybridized carbons (Fsp3) is 0.474. The Balaban J connectivity index is 1.41. The number of hydrogen-bond donors (Lipinski definition) is 19. The number of carboxylic acids is 1. The van der Waals surface area contributed by atoms with Crippen molar-refractivity contribution in [3.05, 3.63) is 120 Å². The standard InChI is InChI=1S/C76H108N20O18S/c1-43(2)39-58(72(108)88-54(25-31-78)68(104)86-53(24-30-77)66(82)102)91-73(109)59(41-46-13-7-6-8-14-46)92-70(106)55(26-32-79)87-71(107)57(28-35-85-63(100)40-44(3)97)89-69(105)56(27-33-80)90-74(110)65(45(4)98)93-62(99)29-36-95(37-38-114-64(101)23-21-51(81)75(111)112)76(113)96-60-42-48(115-61-17-10-9-16-50(61)67(103)83-5)19-20-49(60)52(94-96)22-18-47-15-11-12-34-84-47/h6-20,22,34,42-45,51,53-59,65,97-98H,21,23-33,35-41,77-81H2,1-5H3,(H2,82,102)(H,83,103)(H,85,100)(H,86,104)(H,87,107)(H,88,108)(H,89,105)(H,90,110)(H,91,109)(H,92,106)(H,93,99)(H,111,112)/b22-18+/t44-,45-,51+,53+,54+,55+,56+,57+,58+,59-,65+/m1/s1. The molecule has 39 heteroatoms. The van der Waals surface area contributed by atoms with Gasteiger partial charge in [-0.15, -0.1) is 0 Å². The minimum atomic E-state index is -1.83. The summed E-state index contributed by atoms with van der Waals surface area (Å²) in [5, 5.41) is 61.1. The number of nitrogens with two attached hydrogens (primary N) is 6. The number of pyridine rings is 1. The van der Waals surface area contributed by atoms with E-state index in [0.717, 1.165) is 16.5 Å². The molecule has 0 radical (unpaired) electrons. The molecule has 0 saturated heterocycles. The highest BCUT2D eigenvalue weighted by molar-refractivity contribution is 7.99. The van der Waals surface area contributed by atoms with Crippen LogP contribution in [-0.2, 0) is 68.7 Å². The maximum absolute atomic E-state index is 15.1. The number of benzene rings is 3. The first kappa shape index (κ1) is 94.3. The number of ether oxygens (including phenoxy) is 1. The van der Waals surface area contributed by atoms with Gasteiger partial charge in [-0.25, -0.2) is 4.79 Å². The first-order valence-corrected chi connectivity index (χ1v) is 38.4. The summed E-state index contributed by atoms with van der Waals surface area (Å²) in [5.41, 5.74) is 36.5. The van der Waals surface area contributed by atoms with Crippen LogP contribution in [0.4, 0.5) is 4.79 Å². The smallest absolute Gasteiger partial charge is 0.345 e. The summed E-state index contributed by atoms with van der Waals surface area (Å²) in [6.07, 6.45) is -0.808. The molecule has 626 valence electrons. The minimum absolute atomic E-state index is 0.000570. The van der Waals surface area contributed by atoms with Crippen LogP contribution in [0.25, 0.3) is 23.1 Å². The largest absolute Gasteiger partial charge is 0.480 e. The van der Waals surface area contributed by atoms with E-state index >= 15 is 4.79 Å². The number of carboxylic acid groups (broad SMARTS) is 1. The molecule has 5 rings (SSSR count). The SMILES string of the molecule is CNC(=O)c1ccccc1Sc1ccc2c(/C=C/c3ccccn3)nn(C(=O)N(CCOC(=O)CC[C@H](N)C(=O)O)CCC(=O)N[C@H](C(=O)N[C@@H](CCN)C(=O)N[C@@H](CCNC(=O)C[C@@H](C)O)C(=O)N[C@@H](CCN)C(=O)N[C@H](Cc3ccccc3)C(=O)N[C@@H](CC(C)C)C(=O)N[C@@H](CCN)C(=O)N[C@@H](CCN)C(N)=O)[C@@H](C)O)c2c1. The number of hydrogen-bond acceptors (Lipinski definition) is 25. The Bertz CT molecular complexity index is 4150. The molecule has 2 heterocycles. The Morgan fingerprint density at radius 2 is 1.13 bits per heavy atom. The van der Waals surface area contributed by atoms with Gasteiger partial charge in [-0.3, -0.25) is 67.3 Å². The number of primary amides is 1. The monoisotopic (exact) mass is 1620 g/mol. The number of carbonyl (C=O) groups excluding carboxylic acids is 13. The number of aliphatic carboxylic acids is 1. The highest BCUT2D eigenvalue weighted by atomic mass is 32.2. The van der Waals surface area contributed by atoms with Gasteiger partial charge in [0.2, 0.25) is 59.1 Å². The van der Waals surface area contributed by atoms with Crippen LogP contribution in [-0.4, -0.2) is 244 Å². The molecular formula is C76H108N20O18S. The van der Waals surface area contributed by atoms with Crippen molar-refractivity contribution in [1.29, 1.82) is 0 Å². The van der Waals surface area contributed by atoms with Crippen molar-refractivity contribution >= 4 is 118 Å². The van der Waals surface area contributed by atoms with E-state index < -0.39 is 183 Å². The van der Waals surface area contributed by atoms with Gasteiger partial charge in [-0.1, -0.05) is 74.1 Å². The molecule has 0 spiro atoms. The Kier molecular flexibility index (Phi) is 39.9. The zero-order valence-electron chi connectivity index (χ0n) is 64.9. The molecule has 0 unspecified atom stereocenters. The molecule has 0 saturated carbocycles. The third-order valence-electron chi connectivity index (χ3n) is 17.6. The van der Waals surface area contributed by atoms with Gasteiger partial charge in [0, 0.05) is 60.8 Å². The second-order valence-electron chi connectivity index (χ2n) is 27.4. The van der Waals surface area contributed by atoms with E-state index in [2.05, 4.69) is 58.2 Å². The summed E-state index contributed by atoms with van der Waals surface area (Å²) in [7, 11) is 1.49. The zero-order chi connectivity index (χ0) is 84.8. The molecule has 0 aliphatic carbocycles. The topological polar surface area (TPSA) is 619 Å². The van der Waals surface area contributed by atoms with Crippen LogP contribution in [0, 0.1) is 5.92 Å². The molecule has 115 heavy (non-hydrogen) atoms. The van der Waals surface area contributed by atoms with Crippen LogP contribution in [0.3, 0.4) is 0 Å². The van der Waals surface area contributed by atoms with Crippen molar-refractivity contribution in [3.8, 4) is 0 Å².